The molecule has 0 amide bonds. The first-order valence-corrected chi connectivity index (χ1v) is 15.7. The summed E-state index contributed by atoms with van der Waals surface area (Å²) in [4.78, 5) is 15.4. The molecule has 0 N–H and O–H groups in total. The Morgan fingerprint density at radius 2 is 0.578 bits per heavy atom. The van der Waals surface area contributed by atoms with E-state index < -0.39 is 0 Å². The number of aromatic nitrogens is 3. The molecule has 3 aliphatic rings. The maximum atomic E-state index is 5.13. The van der Waals surface area contributed by atoms with Crippen LogP contribution in [0.5, 0.6) is 0 Å². The Kier molecular flexibility index (Phi) is 5.17. The molecule has 7 aromatic rings. The minimum Gasteiger partial charge on any atom is -0.208 e. The van der Waals surface area contributed by atoms with Gasteiger partial charge in [0.05, 0.1) is 0 Å². The van der Waals surface area contributed by atoms with E-state index in [0.29, 0.717) is 17.5 Å². The largest absolute Gasteiger partial charge is 0.208 e. The van der Waals surface area contributed by atoms with Crippen molar-refractivity contribution in [1.82, 2.24) is 15.0 Å². The van der Waals surface area contributed by atoms with Crippen molar-refractivity contribution < 1.29 is 0 Å². The summed E-state index contributed by atoms with van der Waals surface area (Å²) in [7, 11) is 0. The molecule has 45 heavy (non-hydrogen) atoms. The topological polar surface area (TPSA) is 38.7 Å². The predicted octanol–water partition coefficient (Wildman–Crippen LogP) is 9.59. The van der Waals surface area contributed by atoms with Gasteiger partial charge in [-0.2, -0.15) is 0 Å². The maximum absolute atomic E-state index is 5.13. The van der Waals surface area contributed by atoms with Crippen molar-refractivity contribution in [2.45, 2.75) is 19.3 Å². The van der Waals surface area contributed by atoms with E-state index in [1.165, 1.54) is 66.8 Å². The number of hydrogen-bond donors (Lipinski definition) is 0. The Morgan fingerprint density at radius 3 is 0.911 bits per heavy atom. The minimum absolute atomic E-state index is 0.710. The first-order valence-electron chi connectivity index (χ1n) is 15.7. The Labute approximate surface area is 262 Å². The van der Waals surface area contributed by atoms with E-state index >= 15 is 0 Å². The average Bonchev–Trinajstić information content (AvgIpc) is 3.78. The Morgan fingerprint density at radius 1 is 0.289 bits per heavy atom. The highest BCUT2D eigenvalue weighted by Crippen LogP contribution is 2.41. The van der Waals surface area contributed by atoms with Crippen molar-refractivity contribution in [3.8, 4) is 67.5 Å². The summed E-state index contributed by atoms with van der Waals surface area (Å²) in [6.45, 7) is 0. The highest BCUT2D eigenvalue weighted by atomic mass is 15.0. The molecule has 1 heterocycles. The zero-order valence-corrected chi connectivity index (χ0v) is 24.6. The SMILES string of the molecule is c1ccc2c(c1)Cc1cc(-c3nc(-c4ccc5c(c4)Cc4ccccc4-5)nc(-c4ccc5c(c4)Cc4ccccc4-5)n3)ccc1-2. The van der Waals surface area contributed by atoms with Crippen molar-refractivity contribution in [2.24, 2.45) is 0 Å². The smallest absolute Gasteiger partial charge is 0.164 e. The summed E-state index contributed by atoms with van der Waals surface area (Å²) in [6.07, 6.45) is 2.79. The molecular formula is C42H27N3. The maximum Gasteiger partial charge on any atom is 0.164 e. The van der Waals surface area contributed by atoms with E-state index in [1.54, 1.807) is 0 Å². The first kappa shape index (κ1) is 24.7. The highest BCUT2D eigenvalue weighted by Gasteiger charge is 2.23. The fourth-order valence-electron chi connectivity index (χ4n) is 7.62. The van der Waals surface area contributed by atoms with Crippen LogP contribution in [0.2, 0.25) is 0 Å². The molecule has 0 aliphatic heterocycles. The van der Waals surface area contributed by atoms with Crippen LogP contribution in [-0.4, -0.2) is 15.0 Å². The van der Waals surface area contributed by atoms with Gasteiger partial charge in [-0.05, 0) is 104 Å². The van der Waals surface area contributed by atoms with Gasteiger partial charge in [0.2, 0.25) is 0 Å². The second-order valence-electron chi connectivity index (χ2n) is 12.4. The van der Waals surface area contributed by atoms with Gasteiger partial charge in [0, 0.05) is 16.7 Å². The number of rotatable bonds is 3. The van der Waals surface area contributed by atoms with Gasteiger partial charge in [-0.3, -0.25) is 0 Å². The molecule has 0 radical (unpaired) electrons. The first-order chi connectivity index (χ1) is 22.2. The normalized spacial score (nSPS) is 13.1. The van der Waals surface area contributed by atoms with Crippen LogP contribution < -0.4 is 0 Å². The van der Waals surface area contributed by atoms with E-state index in [2.05, 4.69) is 127 Å². The van der Waals surface area contributed by atoms with Crippen molar-refractivity contribution in [3.63, 3.8) is 0 Å². The van der Waals surface area contributed by atoms with Gasteiger partial charge in [-0.15, -0.1) is 0 Å². The monoisotopic (exact) mass is 573 g/mol. The van der Waals surface area contributed by atoms with Crippen LogP contribution in [0.25, 0.3) is 67.5 Å². The van der Waals surface area contributed by atoms with Crippen LogP contribution in [0.3, 0.4) is 0 Å². The number of fused-ring (bicyclic) bond motifs is 9. The number of benzene rings is 6. The van der Waals surface area contributed by atoms with Gasteiger partial charge in [0.15, 0.2) is 17.5 Å². The lowest BCUT2D eigenvalue weighted by Gasteiger charge is -2.11. The summed E-state index contributed by atoms with van der Waals surface area (Å²) >= 11 is 0. The fraction of sp³-hybridized carbons (Fsp3) is 0.0714. The van der Waals surface area contributed by atoms with E-state index in [0.717, 1.165) is 36.0 Å². The lowest BCUT2D eigenvalue weighted by Crippen LogP contribution is -2.01. The number of nitrogens with zero attached hydrogens (tertiary/aromatic N) is 3. The van der Waals surface area contributed by atoms with Gasteiger partial charge in [0.1, 0.15) is 0 Å². The summed E-state index contributed by atoms with van der Waals surface area (Å²) in [5.74, 6) is 2.13. The minimum atomic E-state index is 0.710. The van der Waals surface area contributed by atoms with Gasteiger partial charge < -0.3 is 0 Å². The van der Waals surface area contributed by atoms with E-state index in [4.69, 9.17) is 15.0 Å². The summed E-state index contributed by atoms with van der Waals surface area (Å²) in [5.41, 5.74) is 19.1. The third-order valence-corrected chi connectivity index (χ3v) is 9.79. The average molecular weight is 574 g/mol. The van der Waals surface area contributed by atoms with E-state index in [1.807, 2.05) is 0 Å². The molecule has 0 saturated carbocycles. The van der Waals surface area contributed by atoms with Gasteiger partial charge in [0.25, 0.3) is 0 Å². The van der Waals surface area contributed by atoms with Crippen LogP contribution in [0.1, 0.15) is 33.4 Å². The van der Waals surface area contributed by atoms with Crippen LogP contribution in [0, 0.1) is 0 Å². The molecule has 1 aromatic heterocycles. The summed E-state index contributed by atoms with van der Waals surface area (Å²) in [5, 5.41) is 0. The molecule has 0 atom stereocenters. The van der Waals surface area contributed by atoms with Crippen LogP contribution in [-0.2, 0) is 19.3 Å². The van der Waals surface area contributed by atoms with Crippen LogP contribution >= 0.6 is 0 Å². The second-order valence-corrected chi connectivity index (χ2v) is 12.4. The van der Waals surface area contributed by atoms with Crippen molar-refractivity contribution in [2.75, 3.05) is 0 Å². The summed E-state index contributed by atoms with van der Waals surface area (Å²) in [6, 6.07) is 46.1. The molecule has 3 heteroatoms. The zero-order valence-electron chi connectivity index (χ0n) is 24.6. The predicted molar refractivity (Wildman–Crippen MR) is 181 cm³/mol. The lowest BCUT2D eigenvalue weighted by atomic mass is 10.0. The van der Waals surface area contributed by atoms with Gasteiger partial charge in [-0.25, -0.2) is 15.0 Å². The molecule has 3 nitrogen and oxygen atoms in total. The standard InChI is InChI=1S/C42H27N3/c1-4-10-34-25(7-1)19-31-22-28(13-16-37(31)34)40-43-41(29-14-17-38-32(23-29)20-26-8-2-5-11-35(26)38)45-42(44-40)30-15-18-39-33(24-30)21-27-9-3-6-12-36(27)39/h1-18,22-24H,19-21H2. The third-order valence-electron chi connectivity index (χ3n) is 9.79. The van der Waals surface area contributed by atoms with Crippen molar-refractivity contribution in [1.29, 1.82) is 0 Å². The molecular weight excluding hydrogens is 546 g/mol. The molecule has 6 aromatic carbocycles. The van der Waals surface area contributed by atoms with Crippen molar-refractivity contribution in [3.05, 3.63) is 161 Å². The molecule has 0 bridgehead atoms. The molecule has 10 rings (SSSR count). The highest BCUT2D eigenvalue weighted by molar-refractivity contribution is 5.83. The zero-order chi connectivity index (χ0) is 29.5. The van der Waals surface area contributed by atoms with Crippen LogP contribution in [0.15, 0.2) is 127 Å². The Hall–Kier alpha value is -5.67. The lowest BCUT2D eigenvalue weighted by molar-refractivity contribution is 1.07. The molecule has 0 saturated heterocycles. The fourth-order valence-corrected chi connectivity index (χ4v) is 7.62. The van der Waals surface area contributed by atoms with Gasteiger partial charge >= 0.3 is 0 Å². The van der Waals surface area contributed by atoms with E-state index in [9.17, 15) is 0 Å². The quantitative estimate of drug-likeness (QED) is 0.211. The number of hydrogen-bond acceptors (Lipinski definition) is 3. The van der Waals surface area contributed by atoms with Crippen LogP contribution in [0.4, 0.5) is 0 Å². The Balaban J connectivity index is 1.11. The molecule has 0 fully saturated rings. The van der Waals surface area contributed by atoms with Gasteiger partial charge in [-0.1, -0.05) is 109 Å². The molecule has 210 valence electrons. The Bertz CT molecular complexity index is 2090. The second kappa shape index (κ2) is 9.41. The molecule has 3 aliphatic carbocycles. The van der Waals surface area contributed by atoms with E-state index in [-0.39, 0.29) is 0 Å². The summed E-state index contributed by atoms with van der Waals surface area (Å²) < 4.78 is 0. The molecule has 0 unspecified atom stereocenters. The van der Waals surface area contributed by atoms with Crippen molar-refractivity contribution >= 4 is 0 Å². The molecule has 0 spiro atoms. The third kappa shape index (κ3) is 3.87.